The summed E-state index contributed by atoms with van der Waals surface area (Å²) in [7, 11) is 0. The molecule has 1 fully saturated rings. The molecule has 3 heterocycles. The highest BCUT2D eigenvalue weighted by Gasteiger charge is 2.36. The number of ether oxygens (including phenoxy) is 1. The number of aryl methyl sites for hydroxylation is 1. The minimum absolute atomic E-state index is 0.0663. The van der Waals surface area contributed by atoms with Crippen molar-refractivity contribution >= 4 is 40.2 Å². The van der Waals surface area contributed by atoms with Gasteiger partial charge in [-0.25, -0.2) is 9.78 Å². The Morgan fingerprint density at radius 3 is 2.64 bits per heavy atom. The summed E-state index contributed by atoms with van der Waals surface area (Å²) < 4.78 is 6.58. The standard InChI is InChI=1S/C27H25N5O4/c1-3-36-27(35)21-15-28-32(23-13-10-18-6-4-5-7-22(18)29-23)25(21)30-26(34)19-14-24(33)31(16-19)20-11-8-17(2)9-12-20/h4-13,15,19H,3,14,16H2,1-2H3,(H,30,34). The van der Waals surface area contributed by atoms with Crippen molar-refractivity contribution in [3.8, 4) is 5.82 Å². The molecule has 0 saturated carbocycles. The molecule has 0 bridgehead atoms. The van der Waals surface area contributed by atoms with Crippen LogP contribution < -0.4 is 10.2 Å². The van der Waals surface area contributed by atoms with Crippen molar-refractivity contribution in [2.24, 2.45) is 5.92 Å². The highest BCUT2D eigenvalue weighted by atomic mass is 16.5. The van der Waals surface area contributed by atoms with Crippen molar-refractivity contribution in [1.82, 2.24) is 14.8 Å². The Labute approximate surface area is 207 Å². The molecule has 4 aromatic rings. The van der Waals surface area contributed by atoms with E-state index in [4.69, 9.17) is 4.74 Å². The molecule has 2 aromatic heterocycles. The Hall–Kier alpha value is -4.53. The molecule has 0 spiro atoms. The molecule has 1 aliphatic heterocycles. The molecule has 2 aromatic carbocycles. The number of anilines is 2. The van der Waals surface area contributed by atoms with Crippen molar-refractivity contribution in [2.75, 3.05) is 23.4 Å². The maximum absolute atomic E-state index is 13.3. The predicted molar refractivity (Wildman–Crippen MR) is 135 cm³/mol. The van der Waals surface area contributed by atoms with Gasteiger partial charge in [0.2, 0.25) is 11.8 Å². The van der Waals surface area contributed by atoms with Crippen molar-refractivity contribution in [3.05, 3.63) is 78.0 Å². The molecular weight excluding hydrogens is 458 g/mol. The fourth-order valence-corrected chi connectivity index (χ4v) is 4.25. The summed E-state index contributed by atoms with van der Waals surface area (Å²) in [5.74, 6) is -1.13. The molecule has 1 unspecified atom stereocenters. The molecule has 1 saturated heterocycles. The number of esters is 1. The molecule has 36 heavy (non-hydrogen) atoms. The van der Waals surface area contributed by atoms with E-state index in [1.807, 2.05) is 61.5 Å². The van der Waals surface area contributed by atoms with E-state index < -0.39 is 11.9 Å². The second-order valence-corrected chi connectivity index (χ2v) is 8.63. The van der Waals surface area contributed by atoms with Crippen LogP contribution in [0, 0.1) is 12.8 Å². The van der Waals surface area contributed by atoms with Crippen molar-refractivity contribution < 1.29 is 19.1 Å². The molecule has 9 heteroatoms. The third kappa shape index (κ3) is 4.43. The number of carbonyl (C=O) groups excluding carboxylic acids is 3. The third-order valence-corrected chi connectivity index (χ3v) is 6.15. The maximum atomic E-state index is 13.3. The van der Waals surface area contributed by atoms with Gasteiger partial charge in [-0.2, -0.15) is 9.78 Å². The Kier molecular flexibility index (Phi) is 6.20. The van der Waals surface area contributed by atoms with Gasteiger partial charge in [-0.15, -0.1) is 0 Å². The normalized spacial score (nSPS) is 15.3. The van der Waals surface area contributed by atoms with Gasteiger partial charge in [-0.05, 0) is 44.2 Å². The van der Waals surface area contributed by atoms with Crippen LogP contribution in [0.1, 0.15) is 29.3 Å². The van der Waals surface area contributed by atoms with Gasteiger partial charge in [-0.3, -0.25) is 9.59 Å². The number of nitrogens with zero attached hydrogens (tertiary/aromatic N) is 4. The molecule has 182 valence electrons. The van der Waals surface area contributed by atoms with Crippen molar-refractivity contribution in [3.63, 3.8) is 0 Å². The van der Waals surface area contributed by atoms with Gasteiger partial charge in [0.25, 0.3) is 0 Å². The molecular formula is C27H25N5O4. The number of fused-ring (bicyclic) bond motifs is 1. The van der Waals surface area contributed by atoms with E-state index in [9.17, 15) is 14.4 Å². The minimum atomic E-state index is -0.608. The zero-order valence-corrected chi connectivity index (χ0v) is 20.0. The molecule has 5 rings (SSSR count). The van der Waals surface area contributed by atoms with Gasteiger partial charge >= 0.3 is 5.97 Å². The van der Waals surface area contributed by atoms with Crippen molar-refractivity contribution in [1.29, 1.82) is 0 Å². The van der Waals surface area contributed by atoms with Crippen molar-refractivity contribution in [2.45, 2.75) is 20.3 Å². The number of hydrogen-bond donors (Lipinski definition) is 1. The molecule has 1 atom stereocenters. The minimum Gasteiger partial charge on any atom is -0.462 e. The summed E-state index contributed by atoms with van der Waals surface area (Å²) in [6, 6.07) is 18.9. The van der Waals surface area contributed by atoms with E-state index in [2.05, 4.69) is 15.4 Å². The van der Waals surface area contributed by atoms with Crippen LogP contribution in [0.3, 0.4) is 0 Å². The first-order valence-corrected chi connectivity index (χ1v) is 11.7. The number of pyridine rings is 1. The molecule has 9 nitrogen and oxygen atoms in total. The SMILES string of the molecule is CCOC(=O)c1cnn(-c2ccc3ccccc3n2)c1NC(=O)C1CC(=O)N(c2ccc(C)cc2)C1. The van der Waals surface area contributed by atoms with E-state index in [1.165, 1.54) is 10.9 Å². The van der Waals surface area contributed by atoms with Crippen LogP contribution in [0.2, 0.25) is 0 Å². The number of aromatic nitrogens is 3. The first kappa shape index (κ1) is 23.2. The fourth-order valence-electron chi connectivity index (χ4n) is 4.25. The quantitative estimate of drug-likeness (QED) is 0.417. The summed E-state index contributed by atoms with van der Waals surface area (Å²) in [6.07, 6.45) is 1.42. The maximum Gasteiger partial charge on any atom is 0.343 e. The van der Waals surface area contributed by atoms with Gasteiger partial charge < -0.3 is 15.0 Å². The van der Waals surface area contributed by atoms with Crippen LogP contribution in [-0.2, 0) is 14.3 Å². The fraction of sp³-hybridized carbons (Fsp3) is 0.222. The van der Waals surface area contributed by atoms with Crippen LogP contribution in [-0.4, -0.2) is 45.7 Å². The predicted octanol–water partition coefficient (Wildman–Crippen LogP) is 3.90. The Balaban J connectivity index is 1.44. The third-order valence-electron chi connectivity index (χ3n) is 6.15. The number of rotatable bonds is 6. The lowest BCUT2D eigenvalue weighted by atomic mass is 10.1. The lowest BCUT2D eigenvalue weighted by molar-refractivity contribution is -0.122. The average molecular weight is 484 g/mol. The number of amides is 2. The average Bonchev–Trinajstić information content (AvgIpc) is 3.48. The van der Waals surface area contributed by atoms with Gasteiger partial charge in [0, 0.05) is 24.0 Å². The van der Waals surface area contributed by atoms with E-state index in [1.54, 1.807) is 17.9 Å². The summed E-state index contributed by atoms with van der Waals surface area (Å²) in [6.45, 7) is 4.09. The summed E-state index contributed by atoms with van der Waals surface area (Å²) in [5.41, 5.74) is 2.69. The molecule has 0 radical (unpaired) electrons. The smallest absolute Gasteiger partial charge is 0.343 e. The summed E-state index contributed by atoms with van der Waals surface area (Å²) >= 11 is 0. The van der Waals surface area contributed by atoms with Crippen LogP contribution >= 0.6 is 0 Å². The Morgan fingerprint density at radius 1 is 1.08 bits per heavy atom. The number of carbonyl (C=O) groups is 3. The highest BCUT2D eigenvalue weighted by molar-refractivity contribution is 6.05. The van der Waals surface area contributed by atoms with Gasteiger partial charge in [-0.1, -0.05) is 35.9 Å². The zero-order valence-electron chi connectivity index (χ0n) is 20.0. The van der Waals surface area contributed by atoms with Crippen LogP contribution in [0.5, 0.6) is 0 Å². The number of para-hydroxylation sites is 1. The lowest BCUT2D eigenvalue weighted by Crippen LogP contribution is -2.29. The molecule has 1 N–H and O–H groups in total. The van der Waals surface area contributed by atoms with E-state index in [0.29, 0.717) is 5.82 Å². The number of hydrogen-bond acceptors (Lipinski definition) is 6. The Morgan fingerprint density at radius 2 is 1.86 bits per heavy atom. The first-order valence-electron chi connectivity index (χ1n) is 11.7. The number of nitrogens with one attached hydrogen (secondary N) is 1. The van der Waals surface area contributed by atoms with Crippen LogP contribution in [0.25, 0.3) is 16.7 Å². The zero-order chi connectivity index (χ0) is 25.2. The largest absolute Gasteiger partial charge is 0.462 e. The lowest BCUT2D eigenvalue weighted by Gasteiger charge is -2.17. The topological polar surface area (TPSA) is 106 Å². The summed E-state index contributed by atoms with van der Waals surface area (Å²) in [5, 5.41) is 8.10. The molecule has 1 aliphatic rings. The van der Waals surface area contributed by atoms with Crippen LogP contribution in [0.15, 0.2) is 66.9 Å². The number of benzene rings is 2. The molecule has 0 aliphatic carbocycles. The second-order valence-electron chi connectivity index (χ2n) is 8.63. The van der Waals surface area contributed by atoms with E-state index in [0.717, 1.165) is 22.2 Å². The second kappa shape index (κ2) is 9.61. The van der Waals surface area contributed by atoms with E-state index >= 15 is 0 Å². The Bertz CT molecular complexity index is 1460. The van der Waals surface area contributed by atoms with Gasteiger partial charge in [0.15, 0.2) is 11.6 Å². The summed E-state index contributed by atoms with van der Waals surface area (Å²) in [4.78, 5) is 44.9. The highest BCUT2D eigenvalue weighted by Crippen LogP contribution is 2.28. The first-order chi connectivity index (χ1) is 17.4. The van der Waals surface area contributed by atoms with E-state index in [-0.39, 0.29) is 42.8 Å². The van der Waals surface area contributed by atoms with Gasteiger partial charge in [0.1, 0.15) is 5.56 Å². The molecule has 2 amide bonds. The monoisotopic (exact) mass is 483 g/mol. The van der Waals surface area contributed by atoms with Gasteiger partial charge in [0.05, 0.1) is 24.2 Å². The van der Waals surface area contributed by atoms with Crippen LogP contribution in [0.4, 0.5) is 11.5 Å².